The van der Waals surface area contributed by atoms with E-state index in [0.29, 0.717) is 11.1 Å². The Kier molecular flexibility index (Phi) is 3.31. The van der Waals surface area contributed by atoms with Crippen LogP contribution in [-0.4, -0.2) is 19.1 Å². The van der Waals surface area contributed by atoms with Gasteiger partial charge >= 0.3 is 5.69 Å². The fourth-order valence-corrected chi connectivity index (χ4v) is 2.46. The van der Waals surface area contributed by atoms with Gasteiger partial charge in [0.2, 0.25) is 5.28 Å². The van der Waals surface area contributed by atoms with Gasteiger partial charge in [0.25, 0.3) is 5.56 Å². The van der Waals surface area contributed by atoms with E-state index in [0.717, 1.165) is 4.57 Å². The van der Waals surface area contributed by atoms with E-state index >= 15 is 0 Å². The quantitative estimate of drug-likeness (QED) is 0.713. The van der Waals surface area contributed by atoms with E-state index in [1.165, 1.54) is 11.6 Å². The van der Waals surface area contributed by atoms with Crippen LogP contribution < -0.4 is 11.2 Å². The van der Waals surface area contributed by atoms with Crippen LogP contribution in [-0.2, 0) is 13.6 Å². The van der Waals surface area contributed by atoms with Crippen LogP contribution in [0.1, 0.15) is 11.1 Å². The lowest BCUT2D eigenvalue weighted by Gasteiger charge is -2.09. The third-order valence-corrected chi connectivity index (χ3v) is 3.59. The highest BCUT2D eigenvalue weighted by Crippen LogP contribution is 2.13. The minimum absolute atomic E-state index is 0.0278. The van der Waals surface area contributed by atoms with E-state index < -0.39 is 11.2 Å². The van der Waals surface area contributed by atoms with Crippen LogP contribution in [0.5, 0.6) is 0 Å². The van der Waals surface area contributed by atoms with Gasteiger partial charge in [0.1, 0.15) is 0 Å². The number of rotatable bonds is 2. The van der Waals surface area contributed by atoms with Crippen molar-refractivity contribution in [3.63, 3.8) is 0 Å². The highest BCUT2D eigenvalue weighted by atomic mass is 35.5. The lowest BCUT2D eigenvalue weighted by Crippen LogP contribution is -2.38. The van der Waals surface area contributed by atoms with Crippen molar-refractivity contribution in [1.82, 2.24) is 19.1 Å². The number of aromatic amines is 1. The summed E-state index contributed by atoms with van der Waals surface area (Å²) in [5, 5.41) is 9.17. The van der Waals surface area contributed by atoms with Crippen molar-refractivity contribution in [2.45, 2.75) is 6.54 Å². The molecule has 2 aromatic heterocycles. The number of H-pyrrole nitrogens is 1. The number of aromatic nitrogens is 4. The summed E-state index contributed by atoms with van der Waals surface area (Å²) in [6.45, 7) is 0.119. The van der Waals surface area contributed by atoms with E-state index in [2.05, 4.69) is 16.0 Å². The average molecular weight is 316 g/mol. The standard InChI is InChI=1S/C14H10ClN5O2/c1-19-12(21)10-11(18-13(15)17-10)20(14(19)22)7-9-5-3-2-4-8(9)6-16/h2-5H,7H2,1H3,(H,17,18). The molecule has 22 heavy (non-hydrogen) atoms. The molecule has 1 aromatic carbocycles. The minimum atomic E-state index is -0.520. The number of nitrogens with one attached hydrogen (secondary N) is 1. The summed E-state index contributed by atoms with van der Waals surface area (Å²) in [6.07, 6.45) is 0. The van der Waals surface area contributed by atoms with Crippen LogP contribution >= 0.6 is 11.6 Å². The van der Waals surface area contributed by atoms with Crippen LogP contribution in [0.3, 0.4) is 0 Å². The molecule has 0 saturated heterocycles. The van der Waals surface area contributed by atoms with Crippen molar-refractivity contribution in [3.8, 4) is 6.07 Å². The van der Waals surface area contributed by atoms with Gasteiger partial charge < -0.3 is 4.98 Å². The molecular weight excluding hydrogens is 306 g/mol. The van der Waals surface area contributed by atoms with Crippen molar-refractivity contribution < 1.29 is 0 Å². The monoisotopic (exact) mass is 315 g/mol. The summed E-state index contributed by atoms with van der Waals surface area (Å²) in [6, 6.07) is 9.00. The summed E-state index contributed by atoms with van der Waals surface area (Å²) in [5.41, 5.74) is 0.425. The van der Waals surface area contributed by atoms with E-state index in [1.807, 2.05) is 0 Å². The molecule has 2 heterocycles. The van der Waals surface area contributed by atoms with Crippen LogP contribution in [0, 0.1) is 11.3 Å². The first kappa shape index (κ1) is 14.1. The highest BCUT2D eigenvalue weighted by molar-refractivity contribution is 6.28. The summed E-state index contributed by atoms with van der Waals surface area (Å²) in [7, 11) is 1.38. The summed E-state index contributed by atoms with van der Waals surface area (Å²) < 4.78 is 2.29. The number of hydrogen-bond donors (Lipinski definition) is 1. The maximum Gasteiger partial charge on any atom is 0.332 e. The molecule has 0 aliphatic rings. The number of imidazole rings is 1. The van der Waals surface area contributed by atoms with Crippen LogP contribution in [0.4, 0.5) is 0 Å². The number of nitriles is 1. The van der Waals surface area contributed by atoms with Crippen molar-refractivity contribution in [1.29, 1.82) is 5.26 Å². The Morgan fingerprint density at radius 2 is 2.09 bits per heavy atom. The predicted molar refractivity (Wildman–Crippen MR) is 80.9 cm³/mol. The molecule has 8 heteroatoms. The van der Waals surface area contributed by atoms with E-state index in [9.17, 15) is 9.59 Å². The number of halogens is 1. The molecule has 0 unspecified atom stereocenters. The van der Waals surface area contributed by atoms with Crippen LogP contribution in [0.25, 0.3) is 11.2 Å². The highest BCUT2D eigenvalue weighted by Gasteiger charge is 2.16. The maximum absolute atomic E-state index is 12.4. The molecule has 0 saturated carbocycles. The molecule has 0 radical (unpaired) electrons. The summed E-state index contributed by atoms with van der Waals surface area (Å²) >= 11 is 5.81. The lowest BCUT2D eigenvalue weighted by molar-refractivity contribution is 0.668. The fourth-order valence-electron chi connectivity index (χ4n) is 2.29. The maximum atomic E-state index is 12.4. The molecule has 1 N–H and O–H groups in total. The summed E-state index contributed by atoms with van der Waals surface area (Å²) in [4.78, 5) is 31.1. The van der Waals surface area contributed by atoms with Crippen molar-refractivity contribution in [3.05, 3.63) is 61.5 Å². The third kappa shape index (κ3) is 2.10. The molecule has 0 amide bonds. The molecule has 0 atom stereocenters. The average Bonchev–Trinajstić information content (AvgIpc) is 2.91. The molecule has 0 aliphatic heterocycles. The molecule has 7 nitrogen and oxygen atoms in total. The van der Waals surface area contributed by atoms with Crippen molar-refractivity contribution >= 4 is 22.8 Å². The fraction of sp³-hybridized carbons (Fsp3) is 0.143. The SMILES string of the molecule is Cn1c(=O)c2[nH]c(Cl)nc2n(Cc2ccccc2C#N)c1=O. The van der Waals surface area contributed by atoms with Gasteiger partial charge in [0.15, 0.2) is 11.2 Å². The first-order valence-corrected chi connectivity index (χ1v) is 6.73. The van der Waals surface area contributed by atoms with Gasteiger partial charge in [-0.2, -0.15) is 10.2 Å². The Morgan fingerprint density at radius 3 is 2.82 bits per heavy atom. The molecule has 0 bridgehead atoms. The number of benzene rings is 1. The van der Waals surface area contributed by atoms with Gasteiger partial charge in [-0.1, -0.05) is 18.2 Å². The molecule has 3 aromatic rings. The number of hydrogen-bond acceptors (Lipinski definition) is 4. The first-order chi connectivity index (χ1) is 10.5. The Labute approximate surface area is 129 Å². The van der Waals surface area contributed by atoms with Crippen LogP contribution in [0.2, 0.25) is 5.28 Å². The van der Waals surface area contributed by atoms with E-state index in [4.69, 9.17) is 16.9 Å². The second kappa shape index (κ2) is 5.16. The van der Waals surface area contributed by atoms with Crippen molar-refractivity contribution in [2.75, 3.05) is 0 Å². The Morgan fingerprint density at radius 1 is 1.36 bits per heavy atom. The normalized spacial score (nSPS) is 10.8. The predicted octanol–water partition coefficient (Wildman–Crippen LogP) is 0.997. The van der Waals surface area contributed by atoms with Crippen molar-refractivity contribution in [2.24, 2.45) is 7.05 Å². The van der Waals surface area contributed by atoms with Gasteiger partial charge in [0.05, 0.1) is 18.2 Å². The topological polar surface area (TPSA) is 96.5 Å². The molecule has 110 valence electrons. The minimum Gasteiger partial charge on any atom is -0.323 e. The second-order valence-corrected chi connectivity index (χ2v) is 5.09. The number of nitrogens with zero attached hydrogens (tertiary/aromatic N) is 4. The van der Waals surface area contributed by atoms with Gasteiger partial charge in [0, 0.05) is 7.05 Å². The Balaban J connectivity index is 2.30. The zero-order valence-electron chi connectivity index (χ0n) is 11.5. The molecule has 0 fully saturated rings. The zero-order valence-corrected chi connectivity index (χ0v) is 12.3. The lowest BCUT2D eigenvalue weighted by atomic mass is 10.1. The largest absolute Gasteiger partial charge is 0.332 e. The molecule has 0 spiro atoms. The molecule has 0 aliphatic carbocycles. The van der Waals surface area contributed by atoms with Gasteiger partial charge in [-0.25, -0.2) is 4.79 Å². The Bertz CT molecular complexity index is 1040. The molecule has 3 rings (SSSR count). The molecular formula is C14H10ClN5O2. The van der Waals surface area contributed by atoms with Gasteiger partial charge in [-0.15, -0.1) is 0 Å². The Hall–Kier alpha value is -2.85. The van der Waals surface area contributed by atoms with Gasteiger partial charge in [-0.3, -0.25) is 13.9 Å². The van der Waals surface area contributed by atoms with E-state index in [1.54, 1.807) is 24.3 Å². The first-order valence-electron chi connectivity index (χ1n) is 6.36. The zero-order chi connectivity index (χ0) is 15.9. The smallest absolute Gasteiger partial charge is 0.323 e. The number of fused-ring (bicyclic) bond motifs is 1. The van der Waals surface area contributed by atoms with E-state index in [-0.39, 0.29) is 23.0 Å². The van der Waals surface area contributed by atoms with Crippen LogP contribution in [0.15, 0.2) is 33.9 Å². The third-order valence-electron chi connectivity index (χ3n) is 3.41. The van der Waals surface area contributed by atoms with Gasteiger partial charge in [-0.05, 0) is 23.2 Å². The summed E-state index contributed by atoms with van der Waals surface area (Å²) in [5.74, 6) is 0. The second-order valence-electron chi connectivity index (χ2n) is 4.73.